The minimum absolute atomic E-state index is 0.0286. The SMILES string of the molecule is CNCc1ccccc1NS(=O)(=O)c1cc(C(=O)O)cs1. The second-order valence-electron chi connectivity index (χ2n) is 4.25. The van der Waals surface area contributed by atoms with Crippen molar-refractivity contribution in [2.24, 2.45) is 0 Å². The summed E-state index contributed by atoms with van der Waals surface area (Å²) in [6, 6.07) is 8.17. The van der Waals surface area contributed by atoms with Crippen LogP contribution in [0.1, 0.15) is 15.9 Å². The second kappa shape index (κ2) is 6.25. The largest absolute Gasteiger partial charge is 0.478 e. The molecule has 3 N–H and O–H groups in total. The maximum absolute atomic E-state index is 12.3. The Labute approximate surface area is 126 Å². The van der Waals surface area contributed by atoms with E-state index in [1.165, 1.54) is 5.38 Å². The van der Waals surface area contributed by atoms with Gasteiger partial charge in [0.05, 0.1) is 11.3 Å². The number of carboxylic acids is 1. The zero-order chi connectivity index (χ0) is 15.5. The van der Waals surface area contributed by atoms with Gasteiger partial charge < -0.3 is 10.4 Å². The van der Waals surface area contributed by atoms with E-state index in [2.05, 4.69) is 10.0 Å². The van der Waals surface area contributed by atoms with Crippen LogP contribution < -0.4 is 10.0 Å². The van der Waals surface area contributed by atoms with Gasteiger partial charge in [-0.2, -0.15) is 0 Å². The van der Waals surface area contributed by atoms with Gasteiger partial charge in [-0.3, -0.25) is 4.72 Å². The molecule has 1 heterocycles. The van der Waals surface area contributed by atoms with Crippen LogP contribution in [-0.4, -0.2) is 26.5 Å². The highest BCUT2D eigenvalue weighted by molar-refractivity contribution is 7.94. The quantitative estimate of drug-likeness (QED) is 0.754. The highest BCUT2D eigenvalue weighted by Gasteiger charge is 2.19. The number of carbonyl (C=O) groups is 1. The van der Waals surface area contributed by atoms with Crippen molar-refractivity contribution in [2.45, 2.75) is 10.8 Å². The van der Waals surface area contributed by atoms with Crippen LogP contribution >= 0.6 is 11.3 Å². The number of rotatable bonds is 6. The van der Waals surface area contributed by atoms with Crippen molar-refractivity contribution in [1.82, 2.24) is 5.32 Å². The number of nitrogens with one attached hydrogen (secondary N) is 2. The topological polar surface area (TPSA) is 95.5 Å². The van der Waals surface area contributed by atoms with E-state index in [1.807, 2.05) is 12.1 Å². The summed E-state index contributed by atoms with van der Waals surface area (Å²) in [6.07, 6.45) is 0. The summed E-state index contributed by atoms with van der Waals surface area (Å²) in [7, 11) is -2.02. The molecular weight excluding hydrogens is 312 g/mol. The van der Waals surface area contributed by atoms with Crippen LogP contribution in [0.15, 0.2) is 39.9 Å². The molecular formula is C13H14N2O4S2. The van der Waals surface area contributed by atoms with Crippen LogP contribution in [0.2, 0.25) is 0 Å². The number of para-hydroxylation sites is 1. The van der Waals surface area contributed by atoms with Gasteiger partial charge in [-0.25, -0.2) is 13.2 Å². The van der Waals surface area contributed by atoms with Gasteiger partial charge in [0.25, 0.3) is 10.0 Å². The first-order chi connectivity index (χ1) is 9.94. The summed E-state index contributed by atoms with van der Waals surface area (Å²) in [5, 5.41) is 13.1. The molecule has 8 heteroatoms. The van der Waals surface area contributed by atoms with Crippen molar-refractivity contribution in [3.8, 4) is 0 Å². The van der Waals surface area contributed by atoms with Crippen LogP contribution in [0.5, 0.6) is 0 Å². The lowest BCUT2D eigenvalue weighted by molar-refractivity contribution is 0.0697. The van der Waals surface area contributed by atoms with E-state index in [4.69, 9.17) is 5.11 Å². The van der Waals surface area contributed by atoms with E-state index in [-0.39, 0.29) is 9.77 Å². The van der Waals surface area contributed by atoms with Crippen molar-refractivity contribution in [1.29, 1.82) is 0 Å². The van der Waals surface area contributed by atoms with Gasteiger partial charge in [0.15, 0.2) is 0 Å². The molecule has 112 valence electrons. The predicted octanol–water partition coefficient (Wildman–Crippen LogP) is 1.97. The predicted molar refractivity (Wildman–Crippen MR) is 81.3 cm³/mol. The van der Waals surface area contributed by atoms with Crippen molar-refractivity contribution in [3.63, 3.8) is 0 Å². The molecule has 0 saturated heterocycles. The molecule has 0 unspecified atom stereocenters. The molecule has 21 heavy (non-hydrogen) atoms. The van der Waals surface area contributed by atoms with Crippen molar-refractivity contribution >= 4 is 33.0 Å². The summed E-state index contributed by atoms with van der Waals surface area (Å²) in [5.41, 5.74) is 1.24. The number of hydrogen-bond donors (Lipinski definition) is 3. The minimum Gasteiger partial charge on any atom is -0.478 e. The standard InChI is InChI=1S/C13H14N2O4S2/c1-14-7-9-4-2-3-5-11(9)15-21(18,19)12-6-10(8-20-12)13(16)17/h2-6,8,14-15H,7H2,1H3,(H,16,17). The number of carboxylic acid groups (broad SMARTS) is 1. The Bertz CT molecular complexity index is 753. The monoisotopic (exact) mass is 326 g/mol. The van der Waals surface area contributed by atoms with E-state index < -0.39 is 16.0 Å². The highest BCUT2D eigenvalue weighted by atomic mass is 32.2. The molecule has 0 radical (unpaired) electrons. The van der Waals surface area contributed by atoms with Gasteiger partial charge in [-0.15, -0.1) is 11.3 Å². The first-order valence-corrected chi connectivity index (χ1v) is 8.37. The Morgan fingerprint density at radius 2 is 2.05 bits per heavy atom. The van der Waals surface area contributed by atoms with E-state index >= 15 is 0 Å². The Morgan fingerprint density at radius 1 is 1.33 bits per heavy atom. The normalized spacial score (nSPS) is 11.3. The number of anilines is 1. The maximum Gasteiger partial charge on any atom is 0.336 e. The summed E-state index contributed by atoms with van der Waals surface area (Å²) >= 11 is 0.876. The van der Waals surface area contributed by atoms with E-state index in [1.54, 1.807) is 19.2 Å². The third kappa shape index (κ3) is 3.60. The van der Waals surface area contributed by atoms with Crippen molar-refractivity contribution < 1.29 is 18.3 Å². The molecule has 0 spiro atoms. The van der Waals surface area contributed by atoms with Crippen LogP contribution in [0, 0.1) is 0 Å². The third-order valence-electron chi connectivity index (χ3n) is 2.72. The average Bonchev–Trinajstić information content (AvgIpc) is 2.92. The maximum atomic E-state index is 12.3. The average molecular weight is 326 g/mol. The molecule has 1 aromatic carbocycles. The lowest BCUT2D eigenvalue weighted by Gasteiger charge is -2.11. The van der Waals surface area contributed by atoms with E-state index in [0.29, 0.717) is 12.2 Å². The molecule has 6 nitrogen and oxygen atoms in total. The highest BCUT2D eigenvalue weighted by Crippen LogP contribution is 2.24. The smallest absolute Gasteiger partial charge is 0.336 e. The van der Waals surface area contributed by atoms with Crippen LogP contribution in [-0.2, 0) is 16.6 Å². The fourth-order valence-corrected chi connectivity index (χ4v) is 3.98. The number of sulfonamides is 1. The summed E-state index contributed by atoms with van der Waals surface area (Å²) in [4.78, 5) is 10.8. The fourth-order valence-electron chi connectivity index (χ4n) is 1.73. The summed E-state index contributed by atoms with van der Waals surface area (Å²) in [6.45, 7) is 0.517. The lowest BCUT2D eigenvalue weighted by Crippen LogP contribution is -2.15. The first-order valence-electron chi connectivity index (χ1n) is 6.01. The second-order valence-corrected chi connectivity index (χ2v) is 7.07. The van der Waals surface area contributed by atoms with Gasteiger partial charge >= 0.3 is 5.97 Å². The van der Waals surface area contributed by atoms with Crippen LogP contribution in [0.3, 0.4) is 0 Å². The van der Waals surface area contributed by atoms with Crippen molar-refractivity contribution in [2.75, 3.05) is 11.8 Å². The van der Waals surface area contributed by atoms with Gasteiger partial charge in [0.1, 0.15) is 4.21 Å². The minimum atomic E-state index is -3.79. The molecule has 0 amide bonds. The Morgan fingerprint density at radius 3 is 2.67 bits per heavy atom. The van der Waals surface area contributed by atoms with Crippen LogP contribution in [0.4, 0.5) is 5.69 Å². The van der Waals surface area contributed by atoms with Crippen molar-refractivity contribution in [3.05, 3.63) is 46.8 Å². The van der Waals surface area contributed by atoms with E-state index in [0.717, 1.165) is 23.0 Å². The number of thiophene rings is 1. The summed E-state index contributed by atoms with van der Waals surface area (Å²) < 4.78 is 27.0. The molecule has 0 aliphatic carbocycles. The molecule has 0 aliphatic heterocycles. The molecule has 0 saturated carbocycles. The number of benzene rings is 1. The molecule has 0 aliphatic rings. The molecule has 0 bridgehead atoms. The molecule has 1 aromatic heterocycles. The van der Waals surface area contributed by atoms with Gasteiger partial charge in [-0.1, -0.05) is 18.2 Å². The lowest BCUT2D eigenvalue weighted by atomic mass is 10.2. The molecule has 2 aromatic rings. The third-order valence-corrected chi connectivity index (χ3v) is 5.52. The Balaban J connectivity index is 2.30. The fraction of sp³-hybridized carbons (Fsp3) is 0.154. The zero-order valence-corrected chi connectivity index (χ0v) is 12.8. The van der Waals surface area contributed by atoms with Gasteiger partial charge in [-0.05, 0) is 24.7 Å². The Kier molecular flexibility index (Phi) is 4.61. The Hall–Kier alpha value is -1.90. The zero-order valence-electron chi connectivity index (χ0n) is 11.2. The molecule has 0 atom stereocenters. The van der Waals surface area contributed by atoms with Crippen LogP contribution in [0.25, 0.3) is 0 Å². The molecule has 0 fully saturated rings. The van der Waals surface area contributed by atoms with Gasteiger partial charge in [0, 0.05) is 11.9 Å². The van der Waals surface area contributed by atoms with E-state index in [9.17, 15) is 13.2 Å². The van der Waals surface area contributed by atoms with Gasteiger partial charge in [0.2, 0.25) is 0 Å². The molecule has 2 rings (SSSR count). The number of hydrogen-bond acceptors (Lipinski definition) is 5. The number of aromatic carboxylic acids is 1. The summed E-state index contributed by atoms with van der Waals surface area (Å²) in [5.74, 6) is -1.15. The first kappa shape index (κ1) is 15.5.